The highest BCUT2D eigenvalue weighted by Crippen LogP contribution is 2.12. The third kappa shape index (κ3) is 3.90. The topological polar surface area (TPSA) is 48.7 Å². The van der Waals surface area contributed by atoms with Crippen LogP contribution in [0.5, 0.6) is 0 Å². The zero-order chi connectivity index (χ0) is 12.0. The van der Waals surface area contributed by atoms with E-state index in [1.807, 2.05) is 6.92 Å². The molecular formula is C13H19N3. The average molecular weight is 217 g/mol. The summed E-state index contributed by atoms with van der Waals surface area (Å²) in [6.45, 7) is 6.24. The maximum atomic E-state index is 8.86. The van der Waals surface area contributed by atoms with Gasteiger partial charge in [0, 0.05) is 11.7 Å². The Morgan fingerprint density at radius 3 is 2.88 bits per heavy atom. The summed E-state index contributed by atoms with van der Waals surface area (Å²) in [6, 6.07) is 6.14. The second kappa shape index (κ2) is 6.12. The SMILES string of the molecule is CCCCC(C)Nc1cc(C#N)cc(C)n1. The van der Waals surface area contributed by atoms with Crippen molar-refractivity contribution >= 4 is 5.82 Å². The van der Waals surface area contributed by atoms with Crippen molar-refractivity contribution in [3.05, 3.63) is 23.4 Å². The number of aromatic nitrogens is 1. The first-order chi connectivity index (χ1) is 7.65. The molecule has 0 aliphatic rings. The van der Waals surface area contributed by atoms with Crippen molar-refractivity contribution in [2.75, 3.05) is 5.32 Å². The number of hydrogen-bond donors (Lipinski definition) is 1. The van der Waals surface area contributed by atoms with Gasteiger partial charge >= 0.3 is 0 Å². The van der Waals surface area contributed by atoms with Crippen LogP contribution >= 0.6 is 0 Å². The fraction of sp³-hybridized carbons (Fsp3) is 0.538. The van der Waals surface area contributed by atoms with Crippen LogP contribution < -0.4 is 5.32 Å². The summed E-state index contributed by atoms with van der Waals surface area (Å²) in [5.74, 6) is 0.806. The van der Waals surface area contributed by atoms with E-state index in [1.54, 1.807) is 12.1 Å². The van der Waals surface area contributed by atoms with Gasteiger partial charge in [0.15, 0.2) is 0 Å². The molecule has 1 aromatic heterocycles. The summed E-state index contributed by atoms with van der Waals surface area (Å²) in [7, 11) is 0. The van der Waals surface area contributed by atoms with Crippen LogP contribution in [0.3, 0.4) is 0 Å². The molecule has 0 aliphatic heterocycles. The van der Waals surface area contributed by atoms with E-state index in [2.05, 4.69) is 30.2 Å². The quantitative estimate of drug-likeness (QED) is 0.823. The van der Waals surface area contributed by atoms with Crippen LogP contribution in [-0.2, 0) is 0 Å². The van der Waals surface area contributed by atoms with Gasteiger partial charge in [-0.1, -0.05) is 19.8 Å². The van der Waals surface area contributed by atoms with Crippen molar-refractivity contribution in [3.63, 3.8) is 0 Å². The van der Waals surface area contributed by atoms with Crippen LogP contribution in [0.1, 0.15) is 44.4 Å². The van der Waals surface area contributed by atoms with E-state index < -0.39 is 0 Å². The minimum Gasteiger partial charge on any atom is -0.368 e. The van der Waals surface area contributed by atoms with Crippen LogP contribution in [0.2, 0.25) is 0 Å². The zero-order valence-corrected chi connectivity index (χ0v) is 10.2. The zero-order valence-electron chi connectivity index (χ0n) is 10.2. The third-order valence-corrected chi connectivity index (χ3v) is 2.47. The molecule has 0 bridgehead atoms. The number of aryl methyl sites for hydroxylation is 1. The van der Waals surface area contributed by atoms with Crippen molar-refractivity contribution in [1.82, 2.24) is 4.98 Å². The smallest absolute Gasteiger partial charge is 0.127 e. The number of nitriles is 1. The first kappa shape index (κ1) is 12.5. The van der Waals surface area contributed by atoms with Gasteiger partial charge in [0.1, 0.15) is 5.82 Å². The summed E-state index contributed by atoms with van der Waals surface area (Å²) in [5.41, 5.74) is 1.54. The number of nitrogens with zero attached hydrogens (tertiary/aromatic N) is 2. The Hall–Kier alpha value is -1.56. The Balaban J connectivity index is 2.66. The monoisotopic (exact) mass is 217 g/mol. The van der Waals surface area contributed by atoms with Crippen molar-refractivity contribution in [3.8, 4) is 6.07 Å². The predicted molar refractivity (Wildman–Crippen MR) is 66.3 cm³/mol. The molecule has 0 saturated carbocycles. The highest BCUT2D eigenvalue weighted by molar-refractivity contribution is 5.44. The summed E-state index contributed by atoms with van der Waals surface area (Å²) in [5, 5.41) is 12.2. The lowest BCUT2D eigenvalue weighted by atomic mass is 10.1. The molecule has 0 radical (unpaired) electrons. The van der Waals surface area contributed by atoms with Gasteiger partial charge in [0.2, 0.25) is 0 Å². The van der Waals surface area contributed by atoms with Crippen LogP contribution in [0.15, 0.2) is 12.1 Å². The number of nitrogens with one attached hydrogen (secondary N) is 1. The van der Waals surface area contributed by atoms with Gasteiger partial charge in [-0.2, -0.15) is 5.26 Å². The van der Waals surface area contributed by atoms with E-state index in [0.29, 0.717) is 11.6 Å². The Bertz CT molecular complexity index is 379. The molecule has 0 amide bonds. The van der Waals surface area contributed by atoms with Crippen LogP contribution in [0.25, 0.3) is 0 Å². The molecule has 1 atom stereocenters. The molecule has 0 fully saturated rings. The van der Waals surface area contributed by atoms with Crippen molar-refractivity contribution in [2.45, 2.75) is 46.1 Å². The van der Waals surface area contributed by atoms with Crippen LogP contribution in [0.4, 0.5) is 5.82 Å². The van der Waals surface area contributed by atoms with Crippen LogP contribution in [0, 0.1) is 18.3 Å². The first-order valence-corrected chi connectivity index (χ1v) is 5.81. The number of anilines is 1. The van der Waals surface area contributed by atoms with E-state index in [9.17, 15) is 0 Å². The van der Waals surface area contributed by atoms with Gasteiger partial charge in [-0.25, -0.2) is 4.98 Å². The minimum atomic E-state index is 0.404. The Kier molecular flexibility index (Phi) is 4.78. The molecule has 1 heterocycles. The van der Waals surface area contributed by atoms with E-state index in [1.165, 1.54) is 12.8 Å². The van der Waals surface area contributed by atoms with Gasteiger partial charge in [0.05, 0.1) is 11.6 Å². The highest BCUT2D eigenvalue weighted by atomic mass is 15.0. The maximum absolute atomic E-state index is 8.86. The van der Waals surface area contributed by atoms with Crippen molar-refractivity contribution < 1.29 is 0 Å². The second-order valence-electron chi connectivity index (χ2n) is 4.18. The standard InChI is InChI=1S/C13H19N3/c1-4-5-6-10(2)15-13-8-12(9-14)7-11(3)16-13/h7-8,10H,4-6H2,1-3H3,(H,15,16). The predicted octanol–water partition coefficient (Wildman–Crippen LogP) is 3.25. The molecule has 0 aromatic carbocycles. The van der Waals surface area contributed by atoms with E-state index in [4.69, 9.17) is 5.26 Å². The van der Waals surface area contributed by atoms with Gasteiger partial charge in [-0.3, -0.25) is 0 Å². The molecule has 16 heavy (non-hydrogen) atoms. The summed E-state index contributed by atoms with van der Waals surface area (Å²) in [4.78, 5) is 4.37. The molecular weight excluding hydrogens is 198 g/mol. The summed E-state index contributed by atoms with van der Waals surface area (Å²) >= 11 is 0. The lowest BCUT2D eigenvalue weighted by molar-refractivity contribution is 0.643. The largest absolute Gasteiger partial charge is 0.368 e. The molecule has 86 valence electrons. The Morgan fingerprint density at radius 2 is 2.25 bits per heavy atom. The molecule has 0 spiro atoms. The summed E-state index contributed by atoms with van der Waals surface area (Å²) in [6.07, 6.45) is 3.55. The second-order valence-corrected chi connectivity index (χ2v) is 4.18. The summed E-state index contributed by atoms with van der Waals surface area (Å²) < 4.78 is 0. The third-order valence-electron chi connectivity index (χ3n) is 2.47. The maximum Gasteiger partial charge on any atom is 0.127 e. The number of hydrogen-bond acceptors (Lipinski definition) is 3. The lowest BCUT2D eigenvalue weighted by Gasteiger charge is -2.14. The molecule has 0 saturated heterocycles. The molecule has 3 heteroatoms. The number of unbranched alkanes of at least 4 members (excludes halogenated alkanes) is 1. The number of pyridine rings is 1. The normalized spacial score (nSPS) is 11.9. The fourth-order valence-electron chi connectivity index (χ4n) is 1.64. The van der Waals surface area contributed by atoms with Gasteiger partial charge < -0.3 is 5.32 Å². The van der Waals surface area contributed by atoms with Crippen molar-refractivity contribution in [2.24, 2.45) is 0 Å². The molecule has 1 aromatic rings. The van der Waals surface area contributed by atoms with E-state index >= 15 is 0 Å². The molecule has 3 nitrogen and oxygen atoms in total. The minimum absolute atomic E-state index is 0.404. The molecule has 1 rings (SSSR count). The lowest BCUT2D eigenvalue weighted by Crippen LogP contribution is -2.16. The van der Waals surface area contributed by atoms with Crippen LogP contribution in [-0.4, -0.2) is 11.0 Å². The Morgan fingerprint density at radius 1 is 1.50 bits per heavy atom. The Labute approximate surface area is 97.5 Å². The van der Waals surface area contributed by atoms with Gasteiger partial charge in [-0.05, 0) is 32.4 Å². The molecule has 1 N–H and O–H groups in total. The average Bonchev–Trinajstić information content (AvgIpc) is 2.25. The van der Waals surface area contributed by atoms with E-state index in [-0.39, 0.29) is 0 Å². The van der Waals surface area contributed by atoms with E-state index in [0.717, 1.165) is 17.9 Å². The van der Waals surface area contributed by atoms with Gasteiger partial charge in [-0.15, -0.1) is 0 Å². The van der Waals surface area contributed by atoms with Crippen molar-refractivity contribution in [1.29, 1.82) is 5.26 Å². The molecule has 0 aliphatic carbocycles. The molecule has 1 unspecified atom stereocenters. The number of rotatable bonds is 5. The fourth-order valence-corrected chi connectivity index (χ4v) is 1.64. The highest BCUT2D eigenvalue weighted by Gasteiger charge is 2.04. The first-order valence-electron chi connectivity index (χ1n) is 5.81. The van der Waals surface area contributed by atoms with Gasteiger partial charge in [0.25, 0.3) is 0 Å².